The maximum absolute atomic E-state index is 10.6. The second-order valence-electron chi connectivity index (χ2n) is 4.38. The standard InChI is InChI=1S/C13H19NO3/c1-10(2)14(7-6-13(16)17)9-11-4-3-5-12(15)8-11/h3-5,8,10,15H,6-7,9H2,1-2H3,(H,16,17). The molecule has 17 heavy (non-hydrogen) atoms. The molecule has 0 aromatic heterocycles. The molecule has 0 bridgehead atoms. The molecule has 0 unspecified atom stereocenters. The first-order chi connectivity index (χ1) is 7.99. The van der Waals surface area contributed by atoms with Gasteiger partial charge in [0.25, 0.3) is 0 Å². The smallest absolute Gasteiger partial charge is 0.304 e. The van der Waals surface area contributed by atoms with E-state index in [9.17, 15) is 9.90 Å². The average molecular weight is 237 g/mol. The largest absolute Gasteiger partial charge is 0.508 e. The lowest BCUT2D eigenvalue weighted by molar-refractivity contribution is -0.137. The van der Waals surface area contributed by atoms with Crippen molar-refractivity contribution >= 4 is 5.97 Å². The number of phenolic OH excluding ortho intramolecular Hbond substituents is 1. The van der Waals surface area contributed by atoms with Gasteiger partial charge in [0.2, 0.25) is 0 Å². The third kappa shape index (κ3) is 4.87. The first-order valence-electron chi connectivity index (χ1n) is 5.73. The van der Waals surface area contributed by atoms with Crippen molar-refractivity contribution in [3.8, 4) is 5.75 Å². The van der Waals surface area contributed by atoms with E-state index < -0.39 is 5.97 Å². The Balaban J connectivity index is 2.63. The zero-order chi connectivity index (χ0) is 12.8. The van der Waals surface area contributed by atoms with Crippen LogP contribution < -0.4 is 0 Å². The van der Waals surface area contributed by atoms with E-state index in [1.54, 1.807) is 18.2 Å². The lowest BCUT2D eigenvalue weighted by Gasteiger charge is -2.25. The minimum absolute atomic E-state index is 0.136. The maximum Gasteiger partial charge on any atom is 0.304 e. The van der Waals surface area contributed by atoms with Crippen molar-refractivity contribution in [3.63, 3.8) is 0 Å². The Morgan fingerprint density at radius 1 is 1.41 bits per heavy atom. The summed E-state index contributed by atoms with van der Waals surface area (Å²) in [5.41, 5.74) is 0.990. The number of hydrogen-bond donors (Lipinski definition) is 2. The number of phenols is 1. The van der Waals surface area contributed by atoms with Crippen molar-refractivity contribution in [3.05, 3.63) is 29.8 Å². The van der Waals surface area contributed by atoms with E-state index in [4.69, 9.17) is 5.11 Å². The van der Waals surface area contributed by atoms with Gasteiger partial charge >= 0.3 is 5.97 Å². The van der Waals surface area contributed by atoms with Crippen LogP contribution in [0.15, 0.2) is 24.3 Å². The van der Waals surface area contributed by atoms with E-state index in [2.05, 4.69) is 4.90 Å². The molecule has 0 amide bonds. The topological polar surface area (TPSA) is 60.8 Å². The molecule has 0 spiro atoms. The average Bonchev–Trinajstić information content (AvgIpc) is 2.23. The molecule has 0 heterocycles. The third-order valence-electron chi connectivity index (χ3n) is 2.64. The van der Waals surface area contributed by atoms with Gasteiger partial charge in [-0.3, -0.25) is 9.69 Å². The number of carboxylic acids is 1. The van der Waals surface area contributed by atoms with Gasteiger partial charge in [0, 0.05) is 19.1 Å². The lowest BCUT2D eigenvalue weighted by atomic mass is 10.1. The number of nitrogens with zero attached hydrogens (tertiary/aromatic N) is 1. The van der Waals surface area contributed by atoms with E-state index in [1.165, 1.54) is 0 Å². The van der Waals surface area contributed by atoms with Crippen molar-refractivity contribution in [2.75, 3.05) is 6.54 Å². The minimum Gasteiger partial charge on any atom is -0.508 e. The molecule has 0 aliphatic rings. The molecule has 0 aliphatic carbocycles. The molecule has 4 heteroatoms. The fourth-order valence-electron chi connectivity index (χ4n) is 1.65. The molecule has 1 rings (SSSR count). The predicted molar refractivity (Wildman–Crippen MR) is 65.9 cm³/mol. The molecule has 0 atom stereocenters. The second-order valence-corrected chi connectivity index (χ2v) is 4.38. The molecule has 4 nitrogen and oxygen atoms in total. The molecule has 0 saturated heterocycles. The van der Waals surface area contributed by atoms with Crippen LogP contribution in [-0.2, 0) is 11.3 Å². The first kappa shape index (κ1) is 13.5. The van der Waals surface area contributed by atoms with Crippen LogP contribution in [-0.4, -0.2) is 33.7 Å². The van der Waals surface area contributed by atoms with Crippen LogP contribution in [0, 0.1) is 0 Å². The highest BCUT2D eigenvalue weighted by molar-refractivity contribution is 5.66. The van der Waals surface area contributed by atoms with E-state index in [0.717, 1.165) is 5.56 Å². The number of rotatable bonds is 6. The highest BCUT2D eigenvalue weighted by Gasteiger charge is 2.11. The summed E-state index contributed by atoms with van der Waals surface area (Å²) in [4.78, 5) is 12.6. The Kier molecular flexibility index (Phi) is 4.97. The lowest BCUT2D eigenvalue weighted by Crippen LogP contribution is -2.32. The zero-order valence-electron chi connectivity index (χ0n) is 10.3. The number of carboxylic acid groups (broad SMARTS) is 1. The van der Waals surface area contributed by atoms with Gasteiger partial charge in [-0.15, -0.1) is 0 Å². The predicted octanol–water partition coefficient (Wildman–Crippen LogP) is 2.08. The Labute approximate surface area is 101 Å². The molecule has 2 N–H and O–H groups in total. The molecule has 1 aromatic rings. The van der Waals surface area contributed by atoms with Crippen LogP contribution in [0.25, 0.3) is 0 Å². The van der Waals surface area contributed by atoms with E-state index >= 15 is 0 Å². The van der Waals surface area contributed by atoms with Gasteiger partial charge in [0.15, 0.2) is 0 Å². The van der Waals surface area contributed by atoms with Gasteiger partial charge in [0.05, 0.1) is 6.42 Å². The summed E-state index contributed by atoms with van der Waals surface area (Å²) < 4.78 is 0. The monoisotopic (exact) mass is 237 g/mol. The summed E-state index contributed by atoms with van der Waals surface area (Å²) in [6, 6.07) is 7.32. The number of benzene rings is 1. The Morgan fingerprint density at radius 3 is 2.65 bits per heavy atom. The third-order valence-corrected chi connectivity index (χ3v) is 2.64. The Morgan fingerprint density at radius 2 is 2.12 bits per heavy atom. The SMILES string of the molecule is CC(C)N(CCC(=O)O)Cc1cccc(O)c1. The summed E-state index contributed by atoms with van der Waals surface area (Å²) >= 11 is 0. The van der Waals surface area contributed by atoms with Gasteiger partial charge in [-0.2, -0.15) is 0 Å². The van der Waals surface area contributed by atoms with E-state index in [1.807, 2.05) is 19.9 Å². The van der Waals surface area contributed by atoms with Gasteiger partial charge in [-0.1, -0.05) is 12.1 Å². The number of aliphatic carboxylic acids is 1. The van der Waals surface area contributed by atoms with Gasteiger partial charge < -0.3 is 10.2 Å². The van der Waals surface area contributed by atoms with Crippen LogP contribution in [0.5, 0.6) is 5.75 Å². The zero-order valence-corrected chi connectivity index (χ0v) is 10.3. The van der Waals surface area contributed by atoms with E-state index in [0.29, 0.717) is 13.1 Å². The van der Waals surface area contributed by atoms with Gasteiger partial charge in [-0.05, 0) is 31.5 Å². The normalized spacial score (nSPS) is 11.1. The Bertz CT molecular complexity index is 377. The molecule has 94 valence electrons. The van der Waals surface area contributed by atoms with Crippen molar-refractivity contribution in [2.45, 2.75) is 32.9 Å². The maximum atomic E-state index is 10.6. The number of carbonyl (C=O) groups is 1. The highest BCUT2D eigenvalue weighted by atomic mass is 16.4. The van der Waals surface area contributed by atoms with Crippen LogP contribution in [0.2, 0.25) is 0 Å². The highest BCUT2D eigenvalue weighted by Crippen LogP contribution is 2.14. The number of aromatic hydroxyl groups is 1. The molecular weight excluding hydrogens is 218 g/mol. The van der Waals surface area contributed by atoms with Crippen LogP contribution in [0.4, 0.5) is 0 Å². The molecule has 0 radical (unpaired) electrons. The van der Waals surface area contributed by atoms with E-state index in [-0.39, 0.29) is 18.2 Å². The van der Waals surface area contributed by atoms with Crippen molar-refractivity contribution in [1.82, 2.24) is 4.90 Å². The molecule has 0 fully saturated rings. The molecule has 0 aliphatic heterocycles. The quantitative estimate of drug-likeness (QED) is 0.795. The molecule has 1 aromatic carbocycles. The molecule has 0 saturated carbocycles. The summed E-state index contributed by atoms with van der Waals surface area (Å²) in [7, 11) is 0. The summed E-state index contributed by atoms with van der Waals surface area (Å²) in [5.74, 6) is -0.545. The van der Waals surface area contributed by atoms with Gasteiger partial charge in [0.1, 0.15) is 5.75 Å². The number of hydrogen-bond acceptors (Lipinski definition) is 3. The Hall–Kier alpha value is -1.55. The van der Waals surface area contributed by atoms with Crippen molar-refractivity contribution in [2.24, 2.45) is 0 Å². The van der Waals surface area contributed by atoms with Gasteiger partial charge in [-0.25, -0.2) is 0 Å². The minimum atomic E-state index is -0.786. The van der Waals surface area contributed by atoms with Crippen molar-refractivity contribution < 1.29 is 15.0 Å². The van der Waals surface area contributed by atoms with Crippen LogP contribution in [0.1, 0.15) is 25.8 Å². The van der Waals surface area contributed by atoms with Crippen LogP contribution >= 0.6 is 0 Å². The van der Waals surface area contributed by atoms with Crippen molar-refractivity contribution in [1.29, 1.82) is 0 Å². The molecular formula is C13H19NO3. The first-order valence-corrected chi connectivity index (χ1v) is 5.73. The summed E-state index contributed by atoms with van der Waals surface area (Å²) in [5, 5.41) is 18.1. The fourth-order valence-corrected chi connectivity index (χ4v) is 1.65. The second kappa shape index (κ2) is 6.25. The summed E-state index contributed by atoms with van der Waals surface area (Å²) in [6.07, 6.45) is 0.136. The fraction of sp³-hybridized carbons (Fsp3) is 0.462. The van der Waals surface area contributed by atoms with Crippen LogP contribution in [0.3, 0.4) is 0 Å². The summed E-state index contributed by atoms with van der Waals surface area (Å²) in [6.45, 7) is 5.23.